The summed E-state index contributed by atoms with van der Waals surface area (Å²) in [6.45, 7) is 1.96. The molecular weight excluding hydrogens is 400 g/mol. The van der Waals surface area contributed by atoms with Gasteiger partial charge in [0.1, 0.15) is 5.75 Å². The highest BCUT2D eigenvalue weighted by Crippen LogP contribution is 2.34. The summed E-state index contributed by atoms with van der Waals surface area (Å²) in [5.74, 6) is -0.0444. The Bertz CT molecular complexity index is 639. The number of pyridine rings is 1. The summed E-state index contributed by atoms with van der Waals surface area (Å²) in [5, 5.41) is 9.71. The van der Waals surface area contributed by atoms with Gasteiger partial charge in [-0.2, -0.15) is 0 Å². The maximum absolute atomic E-state index is 12.6. The Morgan fingerprint density at radius 2 is 1.76 bits per heavy atom. The van der Waals surface area contributed by atoms with E-state index in [1.54, 1.807) is 36.5 Å². The van der Waals surface area contributed by atoms with Crippen LogP contribution in [0.5, 0.6) is 5.75 Å². The smallest absolute Gasteiger partial charge is 0.254 e. The monoisotopic (exact) mass is 412 g/mol. The number of carbonyl (C=O) groups is 1. The number of hydrogen-bond acceptors (Lipinski definition) is 3. The minimum absolute atomic E-state index is 0.0770. The standard InChI is InChI=1S/C15H14Br2N2O2/c1-9(10-3-5-18-6-4-10)19(2)15(21)11-7-12(16)14(20)13(17)8-11/h3-9,20H,1-2H3/t9-/m1/s1. The molecule has 0 aliphatic heterocycles. The Balaban J connectivity index is 2.27. The molecule has 0 unspecified atom stereocenters. The second kappa shape index (κ2) is 6.58. The van der Waals surface area contributed by atoms with Crippen LogP contribution in [-0.2, 0) is 0 Å². The number of aromatic hydroxyl groups is 1. The van der Waals surface area contributed by atoms with Crippen LogP contribution in [0.25, 0.3) is 0 Å². The van der Waals surface area contributed by atoms with Crippen molar-refractivity contribution < 1.29 is 9.90 Å². The molecule has 0 bridgehead atoms. The Morgan fingerprint density at radius 1 is 1.24 bits per heavy atom. The summed E-state index contributed by atoms with van der Waals surface area (Å²) in [6, 6.07) is 6.91. The number of hydrogen-bond donors (Lipinski definition) is 1. The van der Waals surface area contributed by atoms with E-state index >= 15 is 0 Å². The van der Waals surface area contributed by atoms with E-state index in [1.165, 1.54) is 0 Å². The van der Waals surface area contributed by atoms with Crippen LogP contribution < -0.4 is 0 Å². The lowest BCUT2D eigenvalue weighted by Gasteiger charge is -2.25. The van der Waals surface area contributed by atoms with Gasteiger partial charge in [0.15, 0.2) is 0 Å². The highest BCUT2D eigenvalue weighted by atomic mass is 79.9. The molecule has 4 nitrogen and oxygen atoms in total. The lowest BCUT2D eigenvalue weighted by atomic mass is 10.1. The van der Waals surface area contributed by atoms with Crippen molar-refractivity contribution in [2.75, 3.05) is 7.05 Å². The van der Waals surface area contributed by atoms with Gasteiger partial charge < -0.3 is 10.0 Å². The molecule has 0 saturated carbocycles. The molecule has 6 heteroatoms. The van der Waals surface area contributed by atoms with E-state index in [0.29, 0.717) is 14.5 Å². The zero-order valence-electron chi connectivity index (χ0n) is 11.5. The first kappa shape index (κ1) is 16.0. The van der Waals surface area contributed by atoms with Gasteiger partial charge in [0.05, 0.1) is 15.0 Å². The third kappa shape index (κ3) is 3.44. The van der Waals surface area contributed by atoms with E-state index in [9.17, 15) is 9.90 Å². The van der Waals surface area contributed by atoms with E-state index in [-0.39, 0.29) is 17.7 Å². The fraction of sp³-hybridized carbons (Fsp3) is 0.200. The first-order valence-electron chi connectivity index (χ1n) is 6.27. The molecule has 0 saturated heterocycles. The Kier molecular flexibility index (Phi) is 5.00. The second-order valence-corrected chi connectivity index (χ2v) is 6.37. The van der Waals surface area contributed by atoms with Crippen molar-refractivity contribution in [1.82, 2.24) is 9.88 Å². The number of benzene rings is 1. The molecule has 2 rings (SSSR count). The van der Waals surface area contributed by atoms with Gasteiger partial charge in [-0.15, -0.1) is 0 Å². The highest BCUT2D eigenvalue weighted by molar-refractivity contribution is 9.11. The topological polar surface area (TPSA) is 53.4 Å². The van der Waals surface area contributed by atoms with Crippen LogP contribution in [0.2, 0.25) is 0 Å². The molecule has 1 amide bonds. The number of carbonyl (C=O) groups excluding carboxylic acids is 1. The first-order valence-corrected chi connectivity index (χ1v) is 7.85. The first-order chi connectivity index (χ1) is 9.91. The van der Waals surface area contributed by atoms with Gasteiger partial charge in [-0.05, 0) is 68.6 Å². The number of aromatic nitrogens is 1. The third-order valence-corrected chi connectivity index (χ3v) is 4.56. The zero-order valence-corrected chi connectivity index (χ0v) is 14.7. The zero-order chi connectivity index (χ0) is 15.6. The summed E-state index contributed by atoms with van der Waals surface area (Å²) in [4.78, 5) is 18.2. The van der Waals surface area contributed by atoms with Crippen molar-refractivity contribution in [3.63, 3.8) is 0 Å². The average Bonchev–Trinajstić information content (AvgIpc) is 2.50. The molecule has 1 atom stereocenters. The molecule has 110 valence electrons. The van der Waals surface area contributed by atoms with Crippen molar-refractivity contribution in [3.05, 3.63) is 56.7 Å². The van der Waals surface area contributed by atoms with Crippen molar-refractivity contribution in [3.8, 4) is 5.75 Å². The molecule has 1 heterocycles. The number of nitrogens with zero attached hydrogens (tertiary/aromatic N) is 2. The largest absolute Gasteiger partial charge is 0.506 e. The molecule has 1 N–H and O–H groups in total. The van der Waals surface area contributed by atoms with Crippen LogP contribution in [0.3, 0.4) is 0 Å². The minimum atomic E-state index is -0.124. The number of phenols is 1. The number of phenolic OH excluding ortho intramolecular Hbond substituents is 1. The lowest BCUT2D eigenvalue weighted by Crippen LogP contribution is -2.29. The molecule has 0 fully saturated rings. The molecule has 1 aromatic heterocycles. The van der Waals surface area contributed by atoms with Gasteiger partial charge in [-0.1, -0.05) is 0 Å². The second-order valence-electron chi connectivity index (χ2n) is 4.66. The third-order valence-electron chi connectivity index (χ3n) is 3.35. The van der Waals surface area contributed by atoms with Gasteiger partial charge in [0, 0.05) is 25.0 Å². The predicted molar refractivity (Wildman–Crippen MR) is 88.3 cm³/mol. The Hall–Kier alpha value is -1.40. The fourth-order valence-electron chi connectivity index (χ4n) is 1.93. The van der Waals surface area contributed by atoms with Crippen LogP contribution in [0.4, 0.5) is 0 Å². The van der Waals surface area contributed by atoms with Gasteiger partial charge in [0.25, 0.3) is 5.91 Å². The average molecular weight is 414 g/mol. The van der Waals surface area contributed by atoms with Gasteiger partial charge in [-0.25, -0.2) is 0 Å². The highest BCUT2D eigenvalue weighted by Gasteiger charge is 2.20. The Labute approximate surface area is 140 Å². The molecule has 0 spiro atoms. The molecule has 0 radical (unpaired) electrons. The van der Waals surface area contributed by atoms with Crippen LogP contribution >= 0.6 is 31.9 Å². The van der Waals surface area contributed by atoms with Crippen LogP contribution in [-0.4, -0.2) is 27.9 Å². The van der Waals surface area contributed by atoms with Crippen molar-refractivity contribution in [2.45, 2.75) is 13.0 Å². The van der Waals surface area contributed by atoms with Crippen LogP contribution in [0.15, 0.2) is 45.6 Å². The van der Waals surface area contributed by atoms with E-state index in [4.69, 9.17) is 0 Å². The summed E-state index contributed by atoms with van der Waals surface area (Å²) >= 11 is 6.47. The molecular formula is C15H14Br2N2O2. The van der Waals surface area contributed by atoms with E-state index in [2.05, 4.69) is 36.8 Å². The molecule has 0 aliphatic rings. The van der Waals surface area contributed by atoms with Gasteiger partial charge in [0.2, 0.25) is 0 Å². The molecule has 21 heavy (non-hydrogen) atoms. The van der Waals surface area contributed by atoms with E-state index in [1.807, 2.05) is 19.1 Å². The maximum Gasteiger partial charge on any atom is 0.254 e. The number of halogens is 2. The van der Waals surface area contributed by atoms with Gasteiger partial charge >= 0.3 is 0 Å². The van der Waals surface area contributed by atoms with E-state index < -0.39 is 0 Å². The van der Waals surface area contributed by atoms with Crippen LogP contribution in [0, 0.1) is 0 Å². The summed E-state index contributed by atoms with van der Waals surface area (Å²) in [6.07, 6.45) is 3.41. The Morgan fingerprint density at radius 3 is 2.29 bits per heavy atom. The van der Waals surface area contributed by atoms with E-state index in [0.717, 1.165) is 5.56 Å². The molecule has 2 aromatic rings. The van der Waals surface area contributed by atoms with Crippen molar-refractivity contribution >= 4 is 37.8 Å². The quantitative estimate of drug-likeness (QED) is 0.822. The summed E-state index contributed by atoms with van der Waals surface area (Å²) in [5.41, 5.74) is 1.51. The normalized spacial score (nSPS) is 12.0. The molecule has 1 aromatic carbocycles. The predicted octanol–water partition coefficient (Wildman–Crippen LogP) is 4.15. The number of rotatable bonds is 3. The molecule has 0 aliphatic carbocycles. The number of amides is 1. The maximum atomic E-state index is 12.6. The summed E-state index contributed by atoms with van der Waals surface area (Å²) in [7, 11) is 1.75. The van der Waals surface area contributed by atoms with Crippen molar-refractivity contribution in [2.24, 2.45) is 0 Å². The van der Waals surface area contributed by atoms with Crippen molar-refractivity contribution in [1.29, 1.82) is 0 Å². The SMILES string of the molecule is C[C@H](c1ccncc1)N(C)C(=O)c1cc(Br)c(O)c(Br)c1. The lowest BCUT2D eigenvalue weighted by molar-refractivity contribution is 0.0742. The van der Waals surface area contributed by atoms with Crippen LogP contribution in [0.1, 0.15) is 28.9 Å². The fourth-order valence-corrected chi connectivity index (χ4v) is 3.12. The summed E-state index contributed by atoms with van der Waals surface area (Å²) < 4.78 is 0.954. The van der Waals surface area contributed by atoms with Gasteiger partial charge in [-0.3, -0.25) is 9.78 Å². The minimum Gasteiger partial charge on any atom is -0.506 e.